The fourth-order valence-electron chi connectivity index (χ4n) is 2.45. The van der Waals surface area contributed by atoms with Crippen molar-refractivity contribution in [1.29, 1.82) is 0 Å². The maximum Gasteiger partial charge on any atom is 0.417 e. The van der Waals surface area contributed by atoms with Gasteiger partial charge in [0.05, 0.1) is 11.3 Å². The van der Waals surface area contributed by atoms with Crippen molar-refractivity contribution in [3.63, 3.8) is 0 Å². The minimum absolute atomic E-state index is 0.0779. The number of alkyl halides is 3. The summed E-state index contributed by atoms with van der Waals surface area (Å²) in [6, 6.07) is 2.17. The first kappa shape index (κ1) is 18.7. The van der Waals surface area contributed by atoms with Crippen LogP contribution in [-0.2, 0) is 11.0 Å². The smallest absolute Gasteiger partial charge is 0.417 e. The molecule has 0 aliphatic heterocycles. The molecule has 2 heterocycles. The van der Waals surface area contributed by atoms with E-state index in [1.165, 1.54) is 16.8 Å². The van der Waals surface area contributed by atoms with Gasteiger partial charge in [-0.1, -0.05) is 20.3 Å². The van der Waals surface area contributed by atoms with Gasteiger partial charge in [0.15, 0.2) is 5.82 Å². The molecule has 2 aromatic heterocycles. The third-order valence-corrected chi connectivity index (χ3v) is 3.68. The van der Waals surface area contributed by atoms with Crippen molar-refractivity contribution in [2.45, 2.75) is 38.8 Å². The van der Waals surface area contributed by atoms with E-state index in [1.807, 2.05) is 13.8 Å². The first-order valence-electron chi connectivity index (χ1n) is 7.76. The molecule has 25 heavy (non-hydrogen) atoms. The molecule has 5 nitrogen and oxygen atoms in total. The third kappa shape index (κ3) is 4.68. The van der Waals surface area contributed by atoms with Gasteiger partial charge >= 0.3 is 12.1 Å². The predicted molar refractivity (Wildman–Crippen MR) is 86.4 cm³/mol. The molecule has 0 spiro atoms. The second-order valence-corrected chi connectivity index (χ2v) is 5.68. The van der Waals surface area contributed by atoms with Gasteiger partial charge in [-0.2, -0.15) is 18.3 Å². The van der Waals surface area contributed by atoms with E-state index in [2.05, 4.69) is 10.1 Å². The summed E-state index contributed by atoms with van der Waals surface area (Å²) >= 11 is 0. The molecular weight excluding hydrogens is 335 g/mol. The van der Waals surface area contributed by atoms with E-state index in [-0.39, 0.29) is 11.7 Å². The van der Waals surface area contributed by atoms with Crippen LogP contribution in [0.3, 0.4) is 0 Å². The van der Waals surface area contributed by atoms with E-state index in [1.54, 1.807) is 6.20 Å². The molecule has 0 saturated carbocycles. The lowest BCUT2D eigenvalue weighted by Gasteiger charge is -2.08. The molecule has 0 aliphatic rings. The molecule has 0 aromatic carbocycles. The average molecular weight is 353 g/mol. The number of aromatic nitrogens is 3. The zero-order chi connectivity index (χ0) is 18.6. The predicted octanol–water partition coefficient (Wildman–Crippen LogP) is 4.29. The largest absolute Gasteiger partial charge is 0.478 e. The van der Waals surface area contributed by atoms with E-state index < -0.39 is 17.7 Å². The van der Waals surface area contributed by atoms with Gasteiger partial charge in [0.1, 0.15) is 0 Å². The lowest BCUT2D eigenvalue weighted by Crippen LogP contribution is -2.07. The van der Waals surface area contributed by atoms with Crippen LogP contribution in [0.15, 0.2) is 30.6 Å². The number of pyridine rings is 1. The number of rotatable bonds is 6. The summed E-state index contributed by atoms with van der Waals surface area (Å²) in [6.07, 6.45) is 2.07. The monoisotopic (exact) mass is 353 g/mol. The highest BCUT2D eigenvalue weighted by Crippen LogP contribution is 2.29. The van der Waals surface area contributed by atoms with Crippen molar-refractivity contribution in [1.82, 2.24) is 14.8 Å². The number of hydrogen-bond donors (Lipinski definition) is 1. The van der Waals surface area contributed by atoms with Crippen LogP contribution in [0, 0.1) is 0 Å². The second-order valence-electron chi connectivity index (χ2n) is 5.68. The van der Waals surface area contributed by atoms with E-state index in [0.29, 0.717) is 11.3 Å². The van der Waals surface area contributed by atoms with Gasteiger partial charge in [0, 0.05) is 30.0 Å². The highest BCUT2D eigenvalue weighted by atomic mass is 19.4. The summed E-state index contributed by atoms with van der Waals surface area (Å²) in [6.45, 7) is 3.99. The Hall–Kier alpha value is -2.64. The molecule has 0 bridgehead atoms. The molecule has 1 unspecified atom stereocenters. The fraction of sp³-hybridized carbons (Fsp3) is 0.353. The van der Waals surface area contributed by atoms with Crippen LogP contribution in [0.1, 0.15) is 49.4 Å². The molecule has 2 aromatic rings. The molecular formula is C17H18F3N3O2. The summed E-state index contributed by atoms with van der Waals surface area (Å²) in [5.41, 5.74) is 0.445. The molecule has 8 heteroatoms. The Morgan fingerprint density at radius 1 is 1.40 bits per heavy atom. The normalized spacial score (nSPS) is 13.3. The molecule has 0 radical (unpaired) electrons. The van der Waals surface area contributed by atoms with Gasteiger partial charge < -0.3 is 5.11 Å². The summed E-state index contributed by atoms with van der Waals surface area (Å²) < 4.78 is 39.3. The van der Waals surface area contributed by atoms with Crippen LogP contribution >= 0.6 is 0 Å². The SMILES string of the molecule is CCCC(C)c1nn(-c2ccc(C(F)(F)F)cn2)cc1C=CC(=O)O. The van der Waals surface area contributed by atoms with Crippen molar-refractivity contribution >= 4 is 12.0 Å². The van der Waals surface area contributed by atoms with E-state index >= 15 is 0 Å². The minimum atomic E-state index is -4.45. The van der Waals surface area contributed by atoms with Crippen molar-refractivity contribution in [2.75, 3.05) is 0 Å². The zero-order valence-corrected chi connectivity index (χ0v) is 13.8. The third-order valence-electron chi connectivity index (χ3n) is 3.68. The van der Waals surface area contributed by atoms with E-state index in [4.69, 9.17) is 5.11 Å². The van der Waals surface area contributed by atoms with Gasteiger partial charge in [-0.15, -0.1) is 0 Å². The number of carbonyl (C=O) groups is 1. The van der Waals surface area contributed by atoms with Crippen molar-refractivity contribution in [2.24, 2.45) is 0 Å². The standard InChI is InChI=1S/C17H18F3N3O2/c1-3-4-11(2)16-12(5-8-15(24)25)10-23(22-16)14-7-6-13(9-21-14)17(18,19)20/h5-11H,3-4H2,1-2H3,(H,24,25). The number of aliphatic carboxylic acids is 1. The van der Waals surface area contributed by atoms with Crippen molar-refractivity contribution < 1.29 is 23.1 Å². The van der Waals surface area contributed by atoms with Crippen LogP contribution in [0.25, 0.3) is 11.9 Å². The van der Waals surface area contributed by atoms with E-state index in [0.717, 1.165) is 31.2 Å². The quantitative estimate of drug-likeness (QED) is 0.787. The Morgan fingerprint density at radius 2 is 2.12 bits per heavy atom. The molecule has 2 rings (SSSR count). The number of halogens is 3. The Morgan fingerprint density at radius 3 is 2.64 bits per heavy atom. The maximum absolute atomic E-state index is 12.6. The Balaban J connectivity index is 2.41. The summed E-state index contributed by atoms with van der Waals surface area (Å²) in [5, 5.41) is 13.2. The second kappa shape index (κ2) is 7.50. The molecule has 0 saturated heterocycles. The first-order chi connectivity index (χ1) is 11.7. The molecule has 0 amide bonds. The average Bonchev–Trinajstić information content (AvgIpc) is 2.97. The summed E-state index contributed by atoms with van der Waals surface area (Å²) in [4.78, 5) is 14.6. The van der Waals surface area contributed by atoms with Crippen molar-refractivity contribution in [3.8, 4) is 5.82 Å². The van der Waals surface area contributed by atoms with Gasteiger partial charge in [-0.05, 0) is 24.6 Å². The number of carboxylic acid groups (broad SMARTS) is 1. The molecule has 134 valence electrons. The summed E-state index contributed by atoms with van der Waals surface area (Å²) in [5.74, 6) is -0.781. The Kier molecular flexibility index (Phi) is 5.61. The number of hydrogen-bond acceptors (Lipinski definition) is 3. The lowest BCUT2D eigenvalue weighted by molar-refractivity contribution is -0.137. The minimum Gasteiger partial charge on any atom is -0.478 e. The van der Waals surface area contributed by atoms with Gasteiger partial charge in [-0.25, -0.2) is 14.5 Å². The molecule has 0 aliphatic carbocycles. The van der Waals surface area contributed by atoms with Crippen LogP contribution in [0.5, 0.6) is 0 Å². The fourth-order valence-corrected chi connectivity index (χ4v) is 2.45. The Labute approximate surface area is 142 Å². The van der Waals surface area contributed by atoms with Gasteiger partial charge in [0.25, 0.3) is 0 Å². The molecule has 0 fully saturated rings. The number of carboxylic acids is 1. The van der Waals surface area contributed by atoms with E-state index in [9.17, 15) is 18.0 Å². The molecule has 1 atom stereocenters. The van der Waals surface area contributed by atoms with Crippen LogP contribution in [-0.4, -0.2) is 25.8 Å². The Bertz CT molecular complexity index is 764. The zero-order valence-electron chi connectivity index (χ0n) is 13.8. The van der Waals surface area contributed by atoms with Crippen LogP contribution in [0.2, 0.25) is 0 Å². The van der Waals surface area contributed by atoms with Crippen LogP contribution < -0.4 is 0 Å². The molecule has 1 N–H and O–H groups in total. The topological polar surface area (TPSA) is 68.0 Å². The first-order valence-corrected chi connectivity index (χ1v) is 7.76. The maximum atomic E-state index is 12.6. The van der Waals surface area contributed by atoms with Crippen molar-refractivity contribution in [3.05, 3.63) is 47.4 Å². The van der Waals surface area contributed by atoms with Crippen LogP contribution in [0.4, 0.5) is 13.2 Å². The lowest BCUT2D eigenvalue weighted by atomic mass is 9.99. The van der Waals surface area contributed by atoms with Gasteiger partial charge in [0.2, 0.25) is 0 Å². The number of nitrogens with zero attached hydrogens (tertiary/aromatic N) is 3. The van der Waals surface area contributed by atoms with Gasteiger partial charge in [-0.3, -0.25) is 0 Å². The summed E-state index contributed by atoms with van der Waals surface area (Å²) in [7, 11) is 0. The highest BCUT2D eigenvalue weighted by molar-refractivity contribution is 5.85. The highest BCUT2D eigenvalue weighted by Gasteiger charge is 2.30.